The molecule has 5 nitrogen and oxygen atoms in total. The molecule has 2 aromatic rings. The van der Waals surface area contributed by atoms with Gasteiger partial charge in [0.05, 0.1) is 17.3 Å². The van der Waals surface area contributed by atoms with Gasteiger partial charge < -0.3 is 14.6 Å². The number of furan rings is 1. The van der Waals surface area contributed by atoms with E-state index in [-0.39, 0.29) is 24.1 Å². The lowest BCUT2D eigenvalue weighted by atomic mass is 10.3. The van der Waals surface area contributed by atoms with Crippen LogP contribution >= 0.6 is 27.5 Å². The molecule has 0 unspecified atom stereocenters. The highest BCUT2D eigenvalue weighted by molar-refractivity contribution is 9.10. The van der Waals surface area contributed by atoms with E-state index < -0.39 is 0 Å². The van der Waals surface area contributed by atoms with Crippen molar-refractivity contribution < 1.29 is 14.0 Å². The minimum absolute atomic E-state index is 0.109. The van der Waals surface area contributed by atoms with Gasteiger partial charge in [-0.2, -0.15) is 0 Å². The normalized spacial score (nSPS) is 10.2. The first-order valence-corrected chi connectivity index (χ1v) is 7.19. The average molecular weight is 372 g/mol. The lowest BCUT2D eigenvalue weighted by Gasteiger charge is -2.15. The molecule has 0 atom stereocenters. The van der Waals surface area contributed by atoms with E-state index in [1.54, 1.807) is 30.3 Å². The summed E-state index contributed by atoms with van der Waals surface area (Å²) in [6.07, 6.45) is 0. The first-order valence-electron chi connectivity index (χ1n) is 6.02. The lowest BCUT2D eigenvalue weighted by molar-refractivity contribution is -0.116. The molecular weight excluding hydrogens is 360 g/mol. The Balaban J connectivity index is 1.96. The number of benzene rings is 1. The Morgan fingerprint density at radius 3 is 2.62 bits per heavy atom. The molecular formula is C14H12BrClN2O3. The van der Waals surface area contributed by atoms with Gasteiger partial charge in [-0.15, -0.1) is 0 Å². The van der Waals surface area contributed by atoms with Gasteiger partial charge >= 0.3 is 0 Å². The number of para-hydroxylation sites is 1. The van der Waals surface area contributed by atoms with Gasteiger partial charge in [-0.3, -0.25) is 9.59 Å². The number of amides is 2. The van der Waals surface area contributed by atoms with Crippen molar-refractivity contribution in [1.82, 2.24) is 4.90 Å². The smallest absolute Gasteiger partial charge is 0.289 e. The monoisotopic (exact) mass is 370 g/mol. The minimum atomic E-state index is -0.380. The van der Waals surface area contributed by atoms with Crippen molar-refractivity contribution in [3.05, 3.63) is 51.9 Å². The van der Waals surface area contributed by atoms with Gasteiger partial charge in [0.2, 0.25) is 5.91 Å². The highest BCUT2D eigenvalue weighted by atomic mass is 79.9. The topological polar surface area (TPSA) is 62.6 Å². The molecule has 0 aliphatic rings. The number of hydrogen-bond donors (Lipinski definition) is 1. The van der Waals surface area contributed by atoms with E-state index in [9.17, 15) is 9.59 Å². The number of rotatable bonds is 4. The van der Waals surface area contributed by atoms with Crippen LogP contribution in [0.2, 0.25) is 5.02 Å². The lowest BCUT2D eigenvalue weighted by Crippen LogP contribution is -2.34. The number of hydrogen-bond acceptors (Lipinski definition) is 3. The van der Waals surface area contributed by atoms with Gasteiger partial charge in [-0.05, 0) is 40.2 Å². The van der Waals surface area contributed by atoms with Gasteiger partial charge in [0, 0.05) is 7.05 Å². The van der Waals surface area contributed by atoms with Crippen molar-refractivity contribution in [3.63, 3.8) is 0 Å². The summed E-state index contributed by atoms with van der Waals surface area (Å²) in [5, 5.41) is 3.09. The summed E-state index contributed by atoms with van der Waals surface area (Å²) in [4.78, 5) is 25.2. The highest BCUT2D eigenvalue weighted by Crippen LogP contribution is 2.20. The molecule has 0 bridgehead atoms. The summed E-state index contributed by atoms with van der Waals surface area (Å²) >= 11 is 9.07. The second-order valence-corrected chi connectivity index (χ2v) is 5.48. The van der Waals surface area contributed by atoms with E-state index in [2.05, 4.69) is 21.2 Å². The third-order valence-electron chi connectivity index (χ3n) is 2.66. The number of halogens is 2. The van der Waals surface area contributed by atoms with Crippen LogP contribution in [0.5, 0.6) is 0 Å². The molecule has 7 heteroatoms. The zero-order valence-electron chi connectivity index (χ0n) is 11.1. The molecule has 0 aliphatic carbocycles. The van der Waals surface area contributed by atoms with Crippen molar-refractivity contribution in [3.8, 4) is 0 Å². The van der Waals surface area contributed by atoms with Crippen LogP contribution in [0.3, 0.4) is 0 Å². The number of likely N-dealkylation sites (N-methyl/N-ethyl adjacent to an activating group) is 1. The third-order valence-corrected chi connectivity index (χ3v) is 3.42. The summed E-state index contributed by atoms with van der Waals surface area (Å²) in [7, 11) is 1.52. The molecule has 0 aliphatic heterocycles. The standard InChI is InChI=1S/C14H12BrClN2O3/c1-18(14(20)11-6-7-12(15)21-11)8-13(19)17-10-5-3-2-4-9(10)16/h2-7H,8H2,1H3,(H,17,19). The van der Waals surface area contributed by atoms with Gasteiger partial charge in [0.15, 0.2) is 10.4 Å². The molecule has 0 saturated heterocycles. The summed E-state index contributed by atoms with van der Waals surface area (Å²) in [6, 6.07) is 10.0. The molecule has 0 saturated carbocycles. The SMILES string of the molecule is CN(CC(=O)Nc1ccccc1Cl)C(=O)c1ccc(Br)o1. The van der Waals surface area contributed by atoms with Crippen molar-refractivity contribution in [1.29, 1.82) is 0 Å². The molecule has 2 rings (SSSR count). The Bertz CT molecular complexity index is 672. The predicted octanol–water partition coefficient (Wildman–Crippen LogP) is 3.41. The van der Waals surface area contributed by atoms with E-state index in [0.29, 0.717) is 15.4 Å². The number of carbonyl (C=O) groups is 2. The van der Waals surface area contributed by atoms with Crippen LogP contribution in [0.15, 0.2) is 45.5 Å². The van der Waals surface area contributed by atoms with Gasteiger partial charge in [0.1, 0.15) is 0 Å². The second-order valence-electron chi connectivity index (χ2n) is 4.29. The summed E-state index contributed by atoms with van der Waals surface area (Å²) < 4.78 is 5.62. The fourth-order valence-corrected chi connectivity index (χ4v) is 2.15. The van der Waals surface area contributed by atoms with E-state index in [1.807, 2.05) is 0 Å². The fraction of sp³-hybridized carbons (Fsp3) is 0.143. The van der Waals surface area contributed by atoms with Crippen LogP contribution < -0.4 is 5.32 Å². The van der Waals surface area contributed by atoms with Gasteiger partial charge in [-0.25, -0.2) is 0 Å². The molecule has 0 radical (unpaired) electrons. The van der Waals surface area contributed by atoms with E-state index >= 15 is 0 Å². The summed E-state index contributed by atoms with van der Waals surface area (Å²) in [6.45, 7) is -0.109. The largest absolute Gasteiger partial charge is 0.444 e. The van der Waals surface area contributed by atoms with Crippen LogP contribution in [0.1, 0.15) is 10.6 Å². The fourth-order valence-electron chi connectivity index (χ4n) is 1.66. The van der Waals surface area contributed by atoms with E-state index in [1.165, 1.54) is 18.0 Å². The van der Waals surface area contributed by atoms with E-state index in [4.69, 9.17) is 16.0 Å². The molecule has 110 valence electrons. The molecule has 1 N–H and O–H groups in total. The van der Waals surface area contributed by atoms with Crippen LogP contribution in [0.4, 0.5) is 5.69 Å². The van der Waals surface area contributed by atoms with Gasteiger partial charge in [-0.1, -0.05) is 23.7 Å². The average Bonchev–Trinajstić information content (AvgIpc) is 2.87. The molecule has 0 spiro atoms. The van der Waals surface area contributed by atoms with E-state index in [0.717, 1.165) is 0 Å². The Morgan fingerprint density at radius 2 is 2.00 bits per heavy atom. The number of anilines is 1. The molecule has 1 heterocycles. The number of nitrogens with one attached hydrogen (secondary N) is 1. The van der Waals surface area contributed by atoms with Crippen LogP contribution in [0.25, 0.3) is 0 Å². The summed E-state index contributed by atoms with van der Waals surface area (Å²) in [5.74, 6) is -0.561. The Kier molecular flexibility index (Phi) is 5.03. The van der Waals surface area contributed by atoms with Crippen LogP contribution in [-0.4, -0.2) is 30.3 Å². The first-order chi connectivity index (χ1) is 9.97. The number of nitrogens with zero attached hydrogens (tertiary/aromatic N) is 1. The quantitative estimate of drug-likeness (QED) is 0.896. The first kappa shape index (κ1) is 15.6. The Labute approximate surface area is 135 Å². The molecule has 1 aromatic carbocycles. The molecule has 21 heavy (non-hydrogen) atoms. The second kappa shape index (κ2) is 6.78. The summed E-state index contributed by atoms with van der Waals surface area (Å²) in [5.41, 5.74) is 0.505. The predicted molar refractivity (Wildman–Crippen MR) is 83.5 cm³/mol. The van der Waals surface area contributed by atoms with Crippen molar-refractivity contribution in [2.24, 2.45) is 0 Å². The Hall–Kier alpha value is -1.79. The zero-order chi connectivity index (χ0) is 15.4. The third kappa shape index (κ3) is 4.09. The maximum atomic E-state index is 12.0. The highest BCUT2D eigenvalue weighted by Gasteiger charge is 2.18. The van der Waals surface area contributed by atoms with Gasteiger partial charge in [0.25, 0.3) is 5.91 Å². The molecule has 1 aromatic heterocycles. The van der Waals surface area contributed by atoms with Crippen molar-refractivity contribution in [2.45, 2.75) is 0 Å². The maximum absolute atomic E-state index is 12.0. The molecule has 0 fully saturated rings. The Morgan fingerprint density at radius 1 is 1.29 bits per heavy atom. The number of carbonyl (C=O) groups excluding carboxylic acids is 2. The molecule has 2 amide bonds. The minimum Gasteiger partial charge on any atom is -0.444 e. The zero-order valence-corrected chi connectivity index (χ0v) is 13.4. The maximum Gasteiger partial charge on any atom is 0.289 e. The van der Waals surface area contributed by atoms with Crippen LogP contribution in [0, 0.1) is 0 Å². The van der Waals surface area contributed by atoms with Crippen molar-refractivity contribution >= 4 is 45.0 Å². The van der Waals surface area contributed by atoms with Crippen LogP contribution in [-0.2, 0) is 4.79 Å². The van der Waals surface area contributed by atoms with Crippen molar-refractivity contribution in [2.75, 3.05) is 18.9 Å².